The number of nitrogens with zero attached hydrogens (tertiary/aromatic N) is 4. The lowest BCUT2D eigenvalue weighted by Crippen LogP contribution is -2.49. The topological polar surface area (TPSA) is 74.5 Å². The molecule has 3 rings (SSSR count). The number of hydrogen-bond acceptors (Lipinski definition) is 6. The average molecular weight is 430 g/mol. The highest BCUT2D eigenvalue weighted by atomic mass is 35.5. The van der Waals surface area contributed by atoms with E-state index in [9.17, 15) is 4.79 Å². The smallest absolute Gasteiger partial charge is 0.244 e. The lowest BCUT2D eigenvalue weighted by molar-refractivity contribution is -0.133. The van der Waals surface area contributed by atoms with Crippen molar-refractivity contribution in [1.29, 1.82) is 0 Å². The van der Waals surface area contributed by atoms with Crippen LogP contribution in [0, 0.1) is 6.92 Å². The summed E-state index contributed by atoms with van der Waals surface area (Å²) in [4.78, 5) is 20.9. The molecule has 0 saturated carbocycles. The van der Waals surface area contributed by atoms with Crippen LogP contribution in [0.15, 0.2) is 28.8 Å². The molecule has 9 heteroatoms. The fraction of sp³-hybridized carbons (Fsp3) is 0.526. The third-order valence-electron chi connectivity index (χ3n) is 4.91. The molecule has 1 fully saturated rings. The van der Waals surface area contributed by atoms with Gasteiger partial charge >= 0.3 is 0 Å². The summed E-state index contributed by atoms with van der Waals surface area (Å²) < 4.78 is 5.50. The van der Waals surface area contributed by atoms with E-state index >= 15 is 0 Å². The second kappa shape index (κ2) is 11.4. The molecule has 1 unspecified atom stereocenters. The fourth-order valence-electron chi connectivity index (χ4n) is 3.13. The van der Waals surface area contributed by atoms with Gasteiger partial charge in [0.25, 0.3) is 0 Å². The van der Waals surface area contributed by atoms with Crippen molar-refractivity contribution in [3.63, 3.8) is 0 Å². The largest absolute Gasteiger partial charge is 0.340 e. The van der Waals surface area contributed by atoms with Gasteiger partial charge in [0, 0.05) is 44.7 Å². The quantitative estimate of drug-likeness (QED) is 0.760. The summed E-state index contributed by atoms with van der Waals surface area (Å²) in [6.45, 7) is 7.96. The first-order valence-corrected chi connectivity index (χ1v) is 9.15. The number of rotatable bonds is 6. The minimum absolute atomic E-state index is 0. The van der Waals surface area contributed by atoms with Crippen LogP contribution in [0.1, 0.15) is 30.8 Å². The molecule has 156 valence electrons. The molecule has 1 aromatic carbocycles. The van der Waals surface area contributed by atoms with E-state index in [4.69, 9.17) is 4.52 Å². The number of halogens is 2. The first kappa shape index (κ1) is 24.4. The molecule has 0 spiro atoms. The predicted molar refractivity (Wildman–Crippen MR) is 114 cm³/mol. The molecule has 2 heterocycles. The van der Waals surface area contributed by atoms with Crippen molar-refractivity contribution < 1.29 is 9.32 Å². The van der Waals surface area contributed by atoms with Gasteiger partial charge in [-0.1, -0.05) is 35.0 Å². The maximum absolute atomic E-state index is 12.1. The van der Waals surface area contributed by atoms with Crippen molar-refractivity contribution in [3.8, 4) is 11.4 Å². The minimum Gasteiger partial charge on any atom is -0.340 e. The van der Waals surface area contributed by atoms with Gasteiger partial charge < -0.3 is 14.7 Å². The summed E-state index contributed by atoms with van der Waals surface area (Å²) in [5.74, 6) is 1.45. The van der Waals surface area contributed by atoms with Crippen molar-refractivity contribution >= 4 is 30.7 Å². The van der Waals surface area contributed by atoms with Gasteiger partial charge in [0.1, 0.15) is 0 Å². The van der Waals surface area contributed by atoms with Crippen LogP contribution in [0.3, 0.4) is 0 Å². The van der Waals surface area contributed by atoms with E-state index in [1.54, 1.807) is 0 Å². The lowest BCUT2D eigenvalue weighted by atomic mass is 10.1. The highest BCUT2D eigenvalue weighted by Gasteiger charge is 2.27. The number of hydrogen-bond donors (Lipinski definition) is 1. The maximum atomic E-state index is 12.1. The van der Waals surface area contributed by atoms with Gasteiger partial charge in [-0.05, 0) is 20.9 Å². The molecule has 1 saturated heterocycles. The Morgan fingerprint density at radius 2 is 1.82 bits per heavy atom. The second-order valence-electron chi connectivity index (χ2n) is 6.77. The van der Waals surface area contributed by atoms with Gasteiger partial charge in [0.15, 0.2) is 0 Å². The summed E-state index contributed by atoms with van der Waals surface area (Å²) in [6, 6.07) is 8.13. The third kappa shape index (κ3) is 5.91. The van der Waals surface area contributed by atoms with Gasteiger partial charge in [-0.25, -0.2) is 0 Å². The molecular formula is C19H29Cl2N5O2. The molecule has 1 aliphatic heterocycles. The highest BCUT2D eigenvalue weighted by Crippen LogP contribution is 2.23. The number of amides is 1. The van der Waals surface area contributed by atoms with Gasteiger partial charge in [-0.2, -0.15) is 4.98 Å². The molecule has 1 amide bonds. The second-order valence-corrected chi connectivity index (χ2v) is 6.77. The van der Waals surface area contributed by atoms with Crippen LogP contribution in [-0.2, 0) is 4.79 Å². The van der Waals surface area contributed by atoms with Crippen LogP contribution >= 0.6 is 24.8 Å². The standard InChI is InChI=1S/C19H27N5O2.2ClH/c1-14-4-6-16(7-5-14)18-21-19(26-22-18)15(2)23-10-12-24(13-11-23)17(25)8-9-20-3;;/h4-7,15,20H,8-13H2,1-3H3;2*1H. The first-order chi connectivity index (χ1) is 12.6. The molecule has 0 radical (unpaired) electrons. The van der Waals surface area contributed by atoms with E-state index < -0.39 is 0 Å². The van der Waals surface area contributed by atoms with Crippen molar-refractivity contribution in [2.45, 2.75) is 26.3 Å². The molecule has 2 aromatic rings. The van der Waals surface area contributed by atoms with Gasteiger partial charge in [-0.15, -0.1) is 24.8 Å². The number of aromatic nitrogens is 2. The zero-order valence-corrected chi connectivity index (χ0v) is 18.2. The molecule has 0 aliphatic carbocycles. The maximum Gasteiger partial charge on any atom is 0.244 e. The first-order valence-electron chi connectivity index (χ1n) is 9.15. The van der Waals surface area contributed by atoms with Crippen LogP contribution in [-0.4, -0.2) is 65.6 Å². The monoisotopic (exact) mass is 429 g/mol. The number of nitrogens with one attached hydrogen (secondary N) is 1. The third-order valence-corrected chi connectivity index (χ3v) is 4.91. The van der Waals surface area contributed by atoms with Crippen molar-refractivity contribution in [2.24, 2.45) is 0 Å². The normalized spacial score (nSPS) is 15.5. The number of aryl methyl sites for hydroxylation is 1. The van der Waals surface area contributed by atoms with Gasteiger partial charge in [0.2, 0.25) is 17.6 Å². The van der Waals surface area contributed by atoms with Crippen molar-refractivity contribution in [1.82, 2.24) is 25.3 Å². The molecule has 1 aromatic heterocycles. The summed E-state index contributed by atoms with van der Waals surface area (Å²) >= 11 is 0. The van der Waals surface area contributed by atoms with E-state index in [2.05, 4.69) is 34.2 Å². The summed E-state index contributed by atoms with van der Waals surface area (Å²) in [7, 11) is 1.86. The summed E-state index contributed by atoms with van der Waals surface area (Å²) in [5.41, 5.74) is 2.16. The van der Waals surface area contributed by atoms with E-state index in [0.29, 0.717) is 18.1 Å². The highest BCUT2D eigenvalue weighted by molar-refractivity contribution is 5.85. The van der Waals surface area contributed by atoms with Crippen molar-refractivity contribution in [3.05, 3.63) is 35.7 Å². The van der Waals surface area contributed by atoms with Crippen LogP contribution in [0.25, 0.3) is 11.4 Å². The molecule has 0 bridgehead atoms. The van der Waals surface area contributed by atoms with Crippen LogP contribution < -0.4 is 5.32 Å². The Labute approximate surface area is 178 Å². The van der Waals surface area contributed by atoms with Crippen LogP contribution in [0.2, 0.25) is 0 Å². The number of benzene rings is 1. The summed E-state index contributed by atoms with van der Waals surface area (Å²) in [5, 5.41) is 7.14. The van der Waals surface area contributed by atoms with E-state index in [-0.39, 0.29) is 36.8 Å². The predicted octanol–water partition coefficient (Wildman–Crippen LogP) is 2.70. The Balaban J connectivity index is 0.00000196. The van der Waals surface area contributed by atoms with E-state index in [0.717, 1.165) is 38.3 Å². The summed E-state index contributed by atoms with van der Waals surface area (Å²) in [6.07, 6.45) is 0.551. The Morgan fingerprint density at radius 3 is 2.43 bits per heavy atom. The zero-order chi connectivity index (χ0) is 18.5. The molecule has 28 heavy (non-hydrogen) atoms. The molecule has 1 atom stereocenters. The number of piperazine rings is 1. The fourth-order valence-corrected chi connectivity index (χ4v) is 3.13. The Kier molecular flexibility index (Phi) is 9.89. The van der Waals surface area contributed by atoms with Crippen LogP contribution in [0.4, 0.5) is 0 Å². The lowest BCUT2D eigenvalue weighted by Gasteiger charge is -2.36. The van der Waals surface area contributed by atoms with Crippen molar-refractivity contribution in [2.75, 3.05) is 39.8 Å². The zero-order valence-electron chi connectivity index (χ0n) is 16.6. The molecule has 1 aliphatic rings. The number of carbonyl (C=O) groups excluding carboxylic acids is 1. The molecular weight excluding hydrogens is 401 g/mol. The van der Waals surface area contributed by atoms with Gasteiger partial charge in [-0.3, -0.25) is 9.69 Å². The Bertz CT molecular complexity index is 730. The SMILES string of the molecule is CNCCC(=O)N1CCN(C(C)c2nc(-c3ccc(C)cc3)no2)CC1.Cl.Cl. The minimum atomic E-state index is 0. The average Bonchev–Trinajstić information content (AvgIpc) is 3.16. The Hall–Kier alpha value is -1.67. The Morgan fingerprint density at radius 1 is 1.18 bits per heavy atom. The molecule has 7 nitrogen and oxygen atoms in total. The van der Waals surface area contributed by atoms with E-state index in [1.807, 2.05) is 36.2 Å². The molecule has 1 N–H and O–H groups in total. The van der Waals surface area contributed by atoms with Gasteiger partial charge in [0.05, 0.1) is 6.04 Å². The van der Waals surface area contributed by atoms with E-state index in [1.165, 1.54) is 5.56 Å². The van der Waals surface area contributed by atoms with Crippen LogP contribution in [0.5, 0.6) is 0 Å². The number of carbonyl (C=O) groups is 1.